The predicted octanol–water partition coefficient (Wildman–Crippen LogP) is 14.1. The Morgan fingerprint density at radius 1 is 0.255 bits per heavy atom. The third kappa shape index (κ3) is 5.75. The lowest BCUT2D eigenvalue weighted by Crippen LogP contribution is -2.10. The Hall–Kier alpha value is -6.70. The van der Waals surface area contributed by atoms with Gasteiger partial charge in [0.2, 0.25) is 0 Å². The molecule has 1 nitrogen and oxygen atoms in total. The third-order valence-corrected chi connectivity index (χ3v) is 9.88. The van der Waals surface area contributed by atoms with E-state index < -0.39 is 0 Å². The molecule has 0 unspecified atom stereocenters. The van der Waals surface area contributed by atoms with Crippen LogP contribution in [0.1, 0.15) is 0 Å². The van der Waals surface area contributed by atoms with Crippen molar-refractivity contribution in [3.05, 3.63) is 212 Å². The fourth-order valence-corrected chi connectivity index (χ4v) is 7.46. The first-order chi connectivity index (χ1) is 25.3. The van der Waals surface area contributed by atoms with Crippen molar-refractivity contribution in [2.75, 3.05) is 4.90 Å². The van der Waals surface area contributed by atoms with Gasteiger partial charge in [0.1, 0.15) is 0 Å². The number of hydrogen-bond donors (Lipinski definition) is 0. The molecule has 0 saturated heterocycles. The minimum absolute atomic E-state index is 1.10. The highest BCUT2D eigenvalue weighted by Crippen LogP contribution is 2.44. The molecule has 0 N–H and O–H groups in total. The minimum Gasteiger partial charge on any atom is -0.310 e. The summed E-state index contributed by atoms with van der Waals surface area (Å²) in [5.74, 6) is 0. The Labute approximate surface area is 299 Å². The van der Waals surface area contributed by atoms with Gasteiger partial charge in [-0.1, -0.05) is 182 Å². The summed E-state index contributed by atoms with van der Waals surface area (Å²) in [6.07, 6.45) is 0. The highest BCUT2D eigenvalue weighted by molar-refractivity contribution is 6.10. The van der Waals surface area contributed by atoms with Crippen molar-refractivity contribution >= 4 is 38.6 Å². The molecule has 1 heteroatoms. The van der Waals surface area contributed by atoms with E-state index in [1.54, 1.807) is 0 Å². The maximum atomic E-state index is 2.42. The smallest absolute Gasteiger partial charge is 0.0540 e. The molecule has 9 aromatic carbocycles. The molecule has 0 aromatic heterocycles. The molecule has 240 valence electrons. The van der Waals surface area contributed by atoms with Gasteiger partial charge in [-0.15, -0.1) is 0 Å². The number of fused-ring (bicyclic) bond motifs is 2. The lowest BCUT2D eigenvalue weighted by atomic mass is 9.93. The minimum atomic E-state index is 1.10. The molecule has 9 aromatic rings. The van der Waals surface area contributed by atoms with Crippen LogP contribution >= 0.6 is 0 Å². The van der Waals surface area contributed by atoms with E-state index in [9.17, 15) is 0 Å². The second kappa shape index (κ2) is 13.3. The van der Waals surface area contributed by atoms with Gasteiger partial charge in [0.25, 0.3) is 0 Å². The van der Waals surface area contributed by atoms with Crippen LogP contribution in [0, 0.1) is 0 Å². The Morgan fingerprint density at radius 2 is 0.745 bits per heavy atom. The fourth-order valence-electron chi connectivity index (χ4n) is 7.46. The van der Waals surface area contributed by atoms with Crippen molar-refractivity contribution in [1.29, 1.82) is 0 Å². The summed E-state index contributed by atoms with van der Waals surface area (Å²) in [5, 5.41) is 4.93. The number of benzene rings is 9. The SMILES string of the molecule is c1ccc(-c2ccc(N(c3cccc(-c4ccccc4-c4ccccc4)c3)c3cccc4c(-c5cccc6ccccc56)cccc34)cc2)cc1. The topological polar surface area (TPSA) is 3.24 Å². The quantitative estimate of drug-likeness (QED) is 0.166. The lowest BCUT2D eigenvalue weighted by molar-refractivity contribution is 1.30. The Kier molecular flexibility index (Phi) is 7.92. The second-order valence-electron chi connectivity index (χ2n) is 12.9. The molecule has 0 aliphatic carbocycles. The molecule has 0 aliphatic rings. The summed E-state index contributed by atoms with van der Waals surface area (Å²) in [6.45, 7) is 0. The summed E-state index contributed by atoms with van der Waals surface area (Å²) in [6, 6.07) is 76.6. The van der Waals surface area contributed by atoms with Crippen molar-refractivity contribution in [2.24, 2.45) is 0 Å². The highest BCUT2D eigenvalue weighted by atomic mass is 15.1. The first kappa shape index (κ1) is 30.4. The maximum absolute atomic E-state index is 2.42. The number of nitrogens with zero attached hydrogens (tertiary/aromatic N) is 1. The molecule has 51 heavy (non-hydrogen) atoms. The van der Waals surface area contributed by atoms with Crippen molar-refractivity contribution in [2.45, 2.75) is 0 Å². The van der Waals surface area contributed by atoms with Crippen LogP contribution in [0.25, 0.3) is 66.1 Å². The standard InChI is InChI=1S/C50H35N/c1-3-15-36(16-4-1)37-31-33-41(34-32-37)51(42-22-11-21-40(35-42)45-25-10-9-23-43(45)38-17-5-2-6-18-38)50-30-14-28-48-47(27-13-29-49(48)50)46-26-12-20-39-19-7-8-24-44(39)46/h1-35H. The summed E-state index contributed by atoms with van der Waals surface area (Å²) in [5.41, 5.74) is 13.0. The molecular weight excluding hydrogens is 615 g/mol. The Balaban J connectivity index is 1.24. The summed E-state index contributed by atoms with van der Waals surface area (Å²) >= 11 is 0. The van der Waals surface area contributed by atoms with E-state index in [0.29, 0.717) is 0 Å². The van der Waals surface area contributed by atoms with Crippen molar-refractivity contribution in [1.82, 2.24) is 0 Å². The van der Waals surface area contributed by atoms with Gasteiger partial charge in [-0.3, -0.25) is 0 Å². The summed E-state index contributed by atoms with van der Waals surface area (Å²) < 4.78 is 0. The maximum Gasteiger partial charge on any atom is 0.0540 e. The molecular formula is C50H35N. The van der Waals surface area contributed by atoms with Crippen LogP contribution in [0.4, 0.5) is 17.1 Å². The van der Waals surface area contributed by atoms with E-state index in [2.05, 4.69) is 217 Å². The molecule has 0 amide bonds. The van der Waals surface area contributed by atoms with Crippen LogP contribution in [0.15, 0.2) is 212 Å². The van der Waals surface area contributed by atoms with Crippen LogP contribution in [-0.2, 0) is 0 Å². The second-order valence-corrected chi connectivity index (χ2v) is 12.9. The fraction of sp³-hybridized carbons (Fsp3) is 0. The van der Waals surface area contributed by atoms with Crippen LogP contribution in [0.5, 0.6) is 0 Å². The molecule has 0 radical (unpaired) electrons. The van der Waals surface area contributed by atoms with Gasteiger partial charge >= 0.3 is 0 Å². The van der Waals surface area contributed by atoms with Gasteiger partial charge in [0.05, 0.1) is 5.69 Å². The normalized spacial score (nSPS) is 11.1. The van der Waals surface area contributed by atoms with Gasteiger partial charge in [-0.25, -0.2) is 0 Å². The van der Waals surface area contributed by atoms with Gasteiger partial charge < -0.3 is 4.90 Å². The lowest BCUT2D eigenvalue weighted by Gasteiger charge is -2.28. The highest BCUT2D eigenvalue weighted by Gasteiger charge is 2.19. The van der Waals surface area contributed by atoms with Crippen LogP contribution in [0.3, 0.4) is 0 Å². The first-order valence-electron chi connectivity index (χ1n) is 17.5. The number of hydrogen-bond acceptors (Lipinski definition) is 1. The molecule has 9 rings (SSSR count). The van der Waals surface area contributed by atoms with Crippen molar-refractivity contribution in [3.63, 3.8) is 0 Å². The van der Waals surface area contributed by atoms with E-state index >= 15 is 0 Å². The number of anilines is 3. The number of rotatable bonds is 7. The molecule has 0 heterocycles. The average Bonchev–Trinajstić information content (AvgIpc) is 3.22. The molecule has 0 saturated carbocycles. The average molecular weight is 650 g/mol. The van der Waals surface area contributed by atoms with Gasteiger partial charge in [0.15, 0.2) is 0 Å². The van der Waals surface area contributed by atoms with Gasteiger partial charge in [0, 0.05) is 16.8 Å². The van der Waals surface area contributed by atoms with Crippen LogP contribution < -0.4 is 4.90 Å². The summed E-state index contributed by atoms with van der Waals surface area (Å²) in [4.78, 5) is 2.42. The molecule has 0 fully saturated rings. The molecule has 0 spiro atoms. The largest absolute Gasteiger partial charge is 0.310 e. The van der Waals surface area contributed by atoms with Crippen molar-refractivity contribution < 1.29 is 0 Å². The van der Waals surface area contributed by atoms with Crippen molar-refractivity contribution in [3.8, 4) is 44.5 Å². The van der Waals surface area contributed by atoms with Gasteiger partial charge in [-0.05, 0) is 91.0 Å². The van der Waals surface area contributed by atoms with E-state index in [-0.39, 0.29) is 0 Å². The van der Waals surface area contributed by atoms with Gasteiger partial charge in [-0.2, -0.15) is 0 Å². The third-order valence-electron chi connectivity index (χ3n) is 9.88. The van der Waals surface area contributed by atoms with E-state index in [1.807, 2.05) is 0 Å². The summed E-state index contributed by atoms with van der Waals surface area (Å²) in [7, 11) is 0. The first-order valence-corrected chi connectivity index (χ1v) is 17.5. The molecule has 0 atom stereocenters. The van der Waals surface area contributed by atoms with Crippen LogP contribution in [-0.4, -0.2) is 0 Å². The zero-order valence-corrected chi connectivity index (χ0v) is 28.2. The Morgan fingerprint density at radius 3 is 1.53 bits per heavy atom. The predicted molar refractivity (Wildman–Crippen MR) is 218 cm³/mol. The zero-order chi connectivity index (χ0) is 34.0. The Bertz CT molecular complexity index is 2620. The van der Waals surface area contributed by atoms with E-state index in [4.69, 9.17) is 0 Å². The van der Waals surface area contributed by atoms with E-state index in [0.717, 1.165) is 17.1 Å². The molecule has 0 bridgehead atoms. The molecule has 0 aliphatic heterocycles. The zero-order valence-electron chi connectivity index (χ0n) is 28.2. The monoisotopic (exact) mass is 649 g/mol. The van der Waals surface area contributed by atoms with Crippen LogP contribution in [0.2, 0.25) is 0 Å². The van der Waals surface area contributed by atoms with E-state index in [1.165, 1.54) is 66.1 Å².